The first-order valence-electron chi connectivity index (χ1n) is 14.9. The predicted octanol–water partition coefficient (Wildman–Crippen LogP) is 9.61. The minimum absolute atomic E-state index is 0.648. The molecule has 0 fully saturated rings. The number of aryl methyl sites for hydroxylation is 1. The lowest BCUT2D eigenvalue weighted by Gasteiger charge is -2.11. The van der Waals surface area contributed by atoms with E-state index >= 15 is 0 Å². The fourth-order valence-electron chi connectivity index (χ4n) is 5.73. The molecule has 8 aromatic rings. The molecule has 4 heterocycles. The third-order valence-corrected chi connectivity index (χ3v) is 8.08. The Balaban J connectivity index is 1.21. The van der Waals surface area contributed by atoms with Crippen molar-refractivity contribution >= 4 is 21.8 Å². The Hall–Kier alpha value is -6.07. The first-order chi connectivity index (χ1) is 22.2. The highest BCUT2D eigenvalue weighted by Gasteiger charge is 2.14. The van der Waals surface area contributed by atoms with Gasteiger partial charge in [0.25, 0.3) is 0 Å². The zero-order valence-corrected chi connectivity index (χ0v) is 24.6. The van der Waals surface area contributed by atoms with Gasteiger partial charge < -0.3 is 0 Å². The van der Waals surface area contributed by atoms with E-state index in [1.54, 1.807) is 6.20 Å². The number of benzene rings is 4. The third-order valence-electron chi connectivity index (χ3n) is 8.08. The Labute approximate surface area is 261 Å². The number of aromatic nitrogens is 5. The molecule has 4 aromatic heterocycles. The molecule has 5 heteroatoms. The maximum absolute atomic E-state index is 5.18. The first-order valence-corrected chi connectivity index (χ1v) is 14.9. The molecule has 5 nitrogen and oxygen atoms in total. The van der Waals surface area contributed by atoms with Crippen molar-refractivity contribution in [2.75, 3.05) is 0 Å². The maximum atomic E-state index is 5.18. The van der Waals surface area contributed by atoms with E-state index in [0.717, 1.165) is 78.1 Å². The Morgan fingerprint density at radius 3 is 1.73 bits per heavy atom. The molecule has 0 atom stereocenters. The van der Waals surface area contributed by atoms with Crippen LogP contribution in [-0.2, 0) is 0 Å². The summed E-state index contributed by atoms with van der Waals surface area (Å²) in [5.74, 6) is 0.648. The van der Waals surface area contributed by atoms with Crippen molar-refractivity contribution in [1.29, 1.82) is 0 Å². The van der Waals surface area contributed by atoms with Gasteiger partial charge in [0.05, 0.1) is 39.5 Å². The van der Waals surface area contributed by atoms with Gasteiger partial charge in [0.2, 0.25) is 0 Å². The van der Waals surface area contributed by atoms with Crippen LogP contribution in [-0.4, -0.2) is 24.9 Å². The van der Waals surface area contributed by atoms with Crippen LogP contribution in [0.1, 0.15) is 5.56 Å². The van der Waals surface area contributed by atoms with Crippen molar-refractivity contribution < 1.29 is 0 Å². The van der Waals surface area contributed by atoms with Crippen LogP contribution >= 0.6 is 0 Å². The van der Waals surface area contributed by atoms with Crippen LogP contribution in [0.3, 0.4) is 0 Å². The summed E-state index contributed by atoms with van der Waals surface area (Å²) in [6, 6.07) is 47.2. The minimum Gasteiger partial charge on any atom is -0.255 e. The summed E-state index contributed by atoms with van der Waals surface area (Å²) in [5, 5.41) is 2.18. The second-order valence-electron chi connectivity index (χ2n) is 11.0. The Morgan fingerprint density at radius 1 is 0.400 bits per heavy atom. The Kier molecular flexibility index (Phi) is 6.61. The van der Waals surface area contributed by atoms with Crippen LogP contribution < -0.4 is 0 Å². The van der Waals surface area contributed by atoms with E-state index in [4.69, 9.17) is 19.9 Å². The first kappa shape index (κ1) is 26.5. The fraction of sp³-hybridized carbons (Fsp3) is 0.0250. The summed E-state index contributed by atoms with van der Waals surface area (Å²) in [6.07, 6.45) is 1.79. The van der Waals surface area contributed by atoms with Crippen LogP contribution in [0.5, 0.6) is 0 Å². The van der Waals surface area contributed by atoms with E-state index in [0.29, 0.717) is 5.82 Å². The van der Waals surface area contributed by atoms with Gasteiger partial charge in [0, 0.05) is 39.2 Å². The molecule has 0 N–H and O–H groups in total. The zero-order chi connectivity index (χ0) is 30.2. The van der Waals surface area contributed by atoms with E-state index in [9.17, 15) is 0 Å². The summed E-state index contributed by atoms with van der Waals surface area (Å²) < 4.78 is 0. The molecule has 0 saturated heterocycles. The molecule has 212 valence electrons. The van der Waals surface area contributed by atoms with Crippen LogP contribution in [0.2, 0.25) is 0 Å². The molecule has 0 aliphatic rings. The number of pyridine rings is 3. The standard InChI is InChI=1S/C40H27N5/c1-26-24-35(43-39-32(26)21-19-30-20-22-33(42-38(30)39)27-10-4-2-5-11-27)29-15-17-31(18-16-29)40-44-36(28-12-6-3-7-13-28)25-37(45-40)34-14-8-9-23-41-34/h2-25H,1H3. The summed E-state index contributed by atoms with van der Waals surface area (Å²) in [4.78, 5) is 24.7. The lowest BCUT2D eigenvalue weighted by molar-refractivity contribution is 1.16. The highest BCUT2D eigenvalue weighted by atomic mass is 14.9. The van der Waals surface area contributed by atoms with Crippen molar-refractivity contribution in [3.63, 3.8) is 0 Å². The van der Waals surface area contributed by atoms with E-state index in [2.05, 4.69) is 90.8 Å². The Morgan fingerprint density at radius 2 is 1.00 bits per heavy atom. The molecule has 0 spiro atoms. The van der Waals surface area contributed by atoms with Gasteiger partial charge in [-0.2, -0.15) is 0 Å². The predicted molar refractivity (Wildman–Crippen MR) is 182 cm³/mol. The molecule has 0 saturated carbocycles. The molecule has 0 radical (unpaired) electrons. The van der Waals surface area contributed by atoms with Crippen molar-refractivity contribution in [3.05, 3.63) is 151 Å². The average molecular weight is 578 g/mol. The highest BCUT2D eigenvalue weighted by molar-refractivity contribution is 6.05. The van der Waals surface area contributed by atoms with Crippen LogP contribution in [0, 0.1) is 6.92 Å². The molecule has 0 amide bonds. The number of hydrogen-bond acceptors (Lipinski definition) is 5. The molecule has 8 rings (SSSR count). The topological polar surface area (TPSA) is 64.5 Å². The summed E-state index contributed by atoms with van der Waals surface area (Å²) in [7, 11) is 0. The van der Waals surface area contributed by atoms with Crippen molar-refractivity contribution in [3.8, 4) is 56.5 Å². The zero-order valence-electron chi connectivity index (χ0n) is 24.6. The molecule has 45 heavy (non-hydrogen) atoms. The second-order valence-corrected chi connectivity index (χ2v) is 11.0. The van der Waals surface area contributed by atoms with Gasteiger partial charge in [0.1, 0.15) is 0 Å². The van der Waals surface area contributed by atoms with E-state index in [1.165, 1.54) is 0 Å². The number of nitrogens with zero attached hydrogens (tertiary/aromatic N) is 5. The van der Waals surface area contributed by atoms with Gasteiger partial charge in [-0.3, -0.25) is 4.98 Å². The number of rotatable bonds is 5. The molecule has 0 aliphatic heterocycles. The molecular formula is C40H27N5. The van der Waals surface area contributed by atoms with Crippen molar-refractivity contribution in [2.45, 2.75) is 6.92 Å². The van der Waals surface area contributed by atoms with Gasteiger partial charge in [-0.25, -0.2) is 19.9 Å². The summed E-state index contributed by atoms with van der Waals surface area (Å²) >= 11 is 0. The quantitative estimate of drug-likeness (QED) is 0.191. The number of fused-ring (bicyclic) bond motifs is 3. The lowest BCUT2D eigenvalue weighted by Crippen LogP contribution is -1.97. The molecular weight excluding hydrogens is 550 g/mol. The van der Waals surface area contributed by atoms with Crippen molar-refractivity contribution in [2.24, 2.45) is 0 Å². The van der Waals surface area contributed by atoms with Gasteiger partial charge in [0.15, 0.2) is 5.82 Å². The van der Waals surface area contributed by atoms with Crippen molar-refractivity contribution in [1.82, 2.24) is 24.9 Å². The largest absolute Gasteiger partial charge is 0.255 e. The summed E-state index contributed by atoms with van der Waals surface area (Å²) in [5.41, 5.74) is 11.3. The van der Waals surface area contributed by atoms with Crippen LogP contribution in [0.15, 0.2) is 146 Å². The molecule has 4 aromatic carbocycles. The lowest BCUT2D eigenvalue weighted by atomic mass is 10.0. The van der Waals surface area contributed by atoms with E-state index < -0.39 is 0 Å². The van der Waals surface area contributed by atoms with Gasteiger partial charge in [-0.15, -0.1) is 0 Å². The maximum Gasteiger partial charge on any atom is 0.160 e. The molecule has 0 bridgehead atoms. The number of hydrogen-bond donors (Lipinski definition) is 0. The highest BCUT2D eigenvalue weighted by Crippen LogP contribution is 2.32. The molecule has 0 aliphatic carbocycles. The normalized spacial score (nSPS) is 11.2. The second kappa shape index (κ2) is 11.2. The average Bonchev–Trinajstić information content (AvgIpc) is 3.12. The van der Waals surface area contributed by atoms with Crippen LogP contribution in [0.4, 0.5) is 0 Å². The van der Waals surface area contributed by atoms with E-state index in [1.807, 2.05) is 60.7 Å². The van der Waals surface area contributed by atoms with Gasteiger partial charge >= 0.3 is 0 Å². The summed E-state index contributed by atoms with van der Waals surface area (Å²) in [6.45, 7) is 2.14. The van der Waals surface area contributed by atoms with Gasteiger partial charge in [-0.1, -0.05) is 109 Å². The SMILES string of the molecule is Cc1cc(-c2ccc(-c3nc(-c4ccccc4)cc(-c4ccccn4)n3)cc2)nc2c1ccc1ccc(-c3ccccc3)nc12. The molecule has 0 unspecified atom stereocenters. The van der Waals surface area contributed by atoms with Gasteiger partial charge in [-0.05, 0) is 42.8 Å². The smallest absolute Gasteiger partial charge is 0.160 e. The van der Waals surface area contributed by atoms with E-state index in [-0.39, 0.29) is 0 Å². The third kappa shape index (κ3) is 5.11. The Bertz CT molecular complexity index is 2240. The van der Waals surface area contributed by atoms with Crippen LogP contribution in [0.25, 0.3) is 78.4 Å². The fourth-order valence-corrected chi connectivity index (χ4v) is 5.73. The minimum atomic E-state index is 0.648. The monoisotopic (exact) mass is 577 g/mol.